The van der Waals surface area contributed by atoms with Crippen molar-refractivity contribution < 1.29 is 14.6 Å². The Hall–Kier alpha value is -3.75. The number of carboxylic acids is 1. The van der Waals surface area contributed by atoms with E-state index in [1.54, 1.807) is 13.4 Å². The van der Waals surface area contributed by atoms with Crippen LogP contribution in [0.5, 0.6) is 5.75 Å². The number of aliphatic carboxylic acids is 1. The van der Waals surface area contributed by atoms with Crippen molar-refractivity contribution in [2.24, 2.45) is 0 Å². The number of ether oxygens (including phenoxy) is 1. The van der Waals surface area contributed by atoms with Crippen LogP contribution in [0.1, 0.15) is 74.9 Å². The van der Waals surface area contributed by atoms with Crippen molar-refractivity contribution in [2.75, 3.05) is 7.11 Å². The molecule has 34 heavy (non-hydrogen) atoms. The highest BCUT2D eigenvalue weighted by Crippen LogP contribution is 2.26. The average Bonchev–Trinajstić information content (AvgIpc) is 3.37. The molecule has 180 valence electrons. The van der Waals surface area contributed by atoms with Crippen LogP contribution in [0, 0.1) is 6.92 Å². The van der Waals surface area contributed by atoms with Crippen molar-refractivity contribution >= 4 is 11.7 Å². The van der Waals surface area contributed by atoms with Gasteiger partial charge in [-0.25, -0.2) is 14.5 Å². The summed E-state index contributed by atoms with van der Waals surface area (Å²) in [6.07, 6.45) is 4.38. The van der Waals surface area contributed by atoms with E-state index in [2.05, 4.69) is 44.8 Å². The maximum absolute atomic E-state index is 9.00. The standard InChI is InChI=1S/C23H28N6O.C2H4O2/c1-14(2)18-11-20(15(3)4)29-23(25-18)26-22(27-29)10-17-7-8-19(21(9-17)30-6)28-12-16(5)24-13-28;1-2(3)4/h7-9,11-15H,10H2,1-6H3;1H3,(H,3,4). The van der Waals surface area contributed by atoms with Crippen LogP contribution in [-0.4, -0.2) is 47.3 Å². The summed E-state index contributed by atoms with van der Waals surface area (Å²) in [6, 6.07) is 8.30. The zero-order chi connectivity index (χ0) is 25.0. The van der Waals surface area contributed by atoms with E-state index in [9.17, 15) is 0 Å². The average molecular weight is 465 g/mol. The van der Waals surface area contributed by atoms with Crippen molar-refractivity contribution in [1.82, 2.24) is 29.1 Å². The number of carboxylic acid groups (broad SMARTS) is 1. The second-order valence-corrected chi connectivity index (χ2v) is 8.78. The summed E-state index contributed by atoms with van der Waals surface area (Å²) >= 11 is 0. The molecule has 0 aliphatic heterocycles. The van der Waals surface area contributed by atoms with Gasteiger partial charge < -0.3 is 14.4 Å². The normalized spacial score (nSPS) is 11.1. The molecule has 0 unspecified atom stereocenters. The molecule has 3 aromatic heterocycles. The molecule has 0 spiro atoms. The van der Waals surface area contributed by atoms with E-state index in [1.165, 1.54) is 0 Å². The Morgan fingerprint density at radius 3 is 2.38 bits per heavy atom. The zero-order valence-corrected chi connectivity index (χ0v) is 20.8. The van der Waals surface area contributed by atoms with E-state index in [1.807, 2.05) is 34.3 Å². The van der Waals surface area contributed by atoms with Gasteiger partial charge in [0.1, 0.15) is 5.75 Å². The number of carbonyl (C=O) groups is 1. The quantitative estimate of drug-likeness (QED) is 0.446. The Labute approximate surface area is 199 Å². The van der Waals surface area contributed by atoms with Gasteiger partial charge in [0.25, 0.3) is 11.7 Å². The molecular weight excluding hydrogens is 432 g/mol. The zero-order valence-electron chi connectivity index (χ0n) is 20.8. The molecule has 0 aliphatic carbocycles. The van der Waals surface area contributed by atoms with Crippen molar-refractivity contribution in [3.63, 3.8) is 0 Å². The SMILES string of the molecule is CC(=O)O.COc1cc(Cc2nc3nc(C(C)C)cc(C(C)C)n3n2)ccc1-n1cnc(C)c1. The highest BCUT2D eigenvalue weighted by atomic mass is 16.5. The molecule has 4 aromatic rings. The first-order valence-electron chi connectivity index (χ1n) is 11.2. The Bertz CT molecular complexity index is 1290. The number of fused-ring (bicyclic) bond motifs is 1. The van der Waals surface area contributed by atoms with Gasteiger partial charge in [0, 0.05) is 25.2 Å². The van der Waals surface area contributed by atoms with Gasteiger partial charge in [-0.1, -0.05) is 33.8 Å². The molecule has 0 saturated carbocycles. The summed E-state index contributed by atoms with van der Waals surface area (Å²) in [6.45, 7) is 11.7. The smallest absolute Gasteiger partial charge is 0.300 e. The van der Waals surface area contributed by atoms with Gasteiger partial charge >= 0.3 is 0 Å². The first-order chi connectivity index (χ1) is 16.1. The molecule has 0 amide bonds. The topological polar surface area (TPSA) is 107 Å². The van der Waals surface area contributed by atoms with Crippen molar-refractivity contribution in [3.05, 3.63) is 65.3 Å². The van der Waals surface area contributed by atoms with Crippen LogP contribution in [-0.2, 0) is 11.2 Å². The van der Waals surface area contributed by atoms with Crippen LogP contribution in [0.25, 0.3) is 11.5 Å². The number of aromatic nitrogens is 6. The Balaban J connectivity index is 0.000000751. The fourth-order valence-corrected chi connectivity index (χ4v) is 3.51. The number of methoxy groups -OCH3 is 1. The Morgan fingerprint density at radius 1 is 1.12 bits per heavy atom. The van der Waals surface area contributed by atoms with Gasteiger partial charge in [-0.3, -0.25) is 4.79 Å². The van der Waals surface area contributed by atoms with E-state index in [-0.39, 0.29) is 0 Å². The molecule has 0 aliphatic rings. The summed E-state index contributed by atoms with van der Waals surface area (Å²) in [5.41, 5.74) is 5.18. The lowest BCUT2D eigenvalue weighted by Gasteiger charge is -2.11. The highest BCUT2D eigenvalue weighted by molar-refractivity contribution is 5.63. The van der Waals surface area contributed by atoms with Gasteiger partial charge in [-0.05, 0) is 42.5 Å². The van der Waals surface area contributed by atoms with Crippen LogP contribution in [0.15, 0.2) is 36.8 Å². The van der Waals surface area contributed by atoms with Gasteiger partial charge in [0.2, 0.25) is 0 Å². The molecule has 0 fully saturated rings. The number of rotatable bonds is 6. The number of benzene rings is 1. The maximum atomic E-state index is 9.00. The monoisotopic (exact) mass is 464 g/mol. The summed E-state index contributed by atoms with van der Waals surface area (Å²) < 4.78 is 9.48. The van der Waals surface area contributed by atoms with Gasteiger partial charge in [-0.15, -0.1) is 5.10 Å². The predicted molar refractivity (Wildman–Crippen MR) is 130 cm³/mol. The number of aryl methyl sites for hydroxylation is 1. The highest BCUT2D eigenvalue weighted by Gasteiger charge is 2.16. The largest absolute Gasteiger partial charge is 0.495 e. The molecular formula is C25H32N6O3. The number of imidazole rings is 1. The Morgan fingerprint density at radius 2 is 1.82 bits per heavy atom. The van der Waals surface area contributed by atoms with Crippen LogP contribution in [0.4, 0.5) is 0 Å². The number of hydrogen-bond acceptors (Lipinski definition) is 6. The van der Waals surface area contributed by atoms with Gasteiger partial charge in [0.15, 0.2) is 5.82 Å². The fraction of sp³-hybridized carbons (Fsp3) is 0.400. The lowest BCUT2D eigenvalue weighted by atomic mass is 10.1. The molecule has 1 N–H and O–H groups in total. The van der Waals surface area contributed by atoms with E-state index in [0.29, 0.717) is 24.0 Å². The first-order valence-corrected chi connectivity index (χ1v) is 11.2. The molecule has 4 rings (SSSR count). The van der Waals surface area contributed by atoms with Crippen molar-refractivity contribution in [3.8, 4) is 11.4 Å². The lowest BCUT2D eigenvalue weighted by molar-refractivity contribution is -0.134. The van der Waals surface area contributed by atoms with E-state index in [4.69, 9.17) is 29.7 Å². The second-order valence-electron chi connectivity index (χ2n) is 8.78. The molecule has 0 saturated heterocycles. The minimum absolute atomic E-state index is 0.334. The van der Waals surface area contributed by atoms with Crippen LogP contribution >= 0.6 is 0 Å². The maximum Gasteiger partial charge on any atom is 0.300 e. The lowest BCUT2D eigenvalue weighted by Crippen LogP contribution is -2.06. The molecule has 1 aromatic carbocycles. The molecule has 9 nitrogen and oxygen atoms in total. The molecule has 3 heterocycles. The minimum atomic E-state index is -0.833. The third kappa shape index (κ3) is 5.78. The van der Waals surface area contributed by atoms with Crippen LogP contribution in [0.3, 0.4) is 0 Å². The molecule has 0 atom stereocenters. The van der Waals surface area contributed by atoms with Crippen molar-refractivity contribution in [1.29, 1.82) is 0 Å². The summed E-state index contributed by atoms with van der Waals surface area (Å²) in [5.74, 6) is 2.05. The van der Waals surface area contributed by atoms with Crippen LogP contribution < -0.4 is 4.74 Å². The van der Waals surface area contributed by atoms with E-state index in [0.717, 1.165) is 46.8 Å². The van der Waals surface area contributed by atoms with E-state index >= 15 is 0 Å². The number of hydrogen-bond donors (Lipinski definition) is 1. The minimum Gasteiger partial charge on any atom is -0.495 e. The van der Waals surface area contributed by atoms with Gasteiger partial charge in [0.05, 0.1) is 30.5 Å². The Kier molecular flexibility index (Phi) is 7.65. The molecule has 0 bridgehead atoms. The van der Waals surface area contributed by atoms with E-state index < -0.39 is 5.97 Å². The summed E-state index contributed by atoms with van der Waals surface area (Å²) in [4.78, 5) is 22.7. The number of nitrogens with zero attached hydrogens (tertiary/aromatic N) is 6. The van der Waals surface area contributed by atoms with Crippen LogP contribution in [0.2, 0.25) is 0 Å². The third-order valence-electron chi connectivity index (χ3n) is 5.18. The van der Waals surface area contributed by atoms with Crippen molar-refractivity contribution in [2.45, 2.75) is 59.8 Å². The summed E-state index contributed by atoms with van der Waals surface area (Å²) in [7, 11) is 1.68. The fourth-order valence-electron chi connectivity index (χ4n) is 3.51. The third-order valence-corrected chi connectivity index (χ3v) is 5.18. The first kappa shape index (κ1) is 24.9. The molecule has 9 heteroatoms. The van der Waals surface area contributed by atoms with Gasteiger partial charge in [-0.2, -0.15) is 4.98 Å². The predicted octanol–water partition coefficient (Wildman–Crippen LogP) is 4.56. The second kappa shape index (κ2) is 10.5. The summed E-state index contributed by atoms with van der Waals surface area (Å²) in [5, 5.41) is 12.2. The molecule has 0 radical (unpaired) electrons.